The number of nitrogens with one attached hydrogen (secondary N) is 2. The van der Waals surface area contributed by atoms with Gasteiger partial charge in [-0.3, -0.25) is 4.79 Å². The van der Waals surface area contributed by atoms with Gasteiger partial charge in [-0.05, 0) is 51.5 Å². The molecule has 1 aromatic rings. The number of nitrogens with zero attached hydrogens (tertiary/aromatic N) is 1. The third kappa shape index (κ3) is 4.99. The van der Waals surface area contributed by atoms with Crippen LogP contribution in [0.4, 0.5) is 4.79 Å². The van der Waals surface area contributed by atoms with Crippen LogP contribution in [0.5, 0.6) is 0 Å². The van der Waals surface area contributed by atoms with Crippen molar-refractivity contribution < 1.29 is 9.59 Å². The molecule has 1 aliphatic carbocycles. The molecule has 2 aliphatic rings. The van der Waals surface area contributed by atoms with Crippen LogP contribution in [0.15, 0.2) is 24.3 Å². The van der Waals surface area contributed by atoms with Gasteiger partial charge in [0.15, 0.2) is 0 Å². The van der Waals surface area contributed by atoms with Gasteiger partial charge in [0.2, 0.25) is 5.91 Å². The van der Waals surface area contributed by atoms with Crippen LogP contribution in [0, 0.1) is 18.8 Å². The zero-order chi connectivity index (χ0) is 18.7. The van der Waals surface area contributed by atoms with Gasteiger partial charge in [-0.2, -0.15) is 0 Å². The number of likely N-dealkylation sites (tertiary alicyclic amines) is 1. The number of hydrogen-bond acceptors (Lipinski definition) is 2. The second-order valence-corrected chi connectivity index (χ2v) is 8.24. The normalized spacial score (nSPS) is 23.0. The highest BCUT2D eigenvalue weighted by atomic mass is 16.2. The van der Waals surface area contributed by atoms with E-state index < -0.39 is 0 Å². The minimum Gasteiger partial charge on any atom is -0.356 e. The largest absolute Gasteiger partial charge is 0.356 e. The van der Waals surface area contributed by atoms with Crippen molar-refractivity contribution in [2.24, 2.45) is 11.8 Å². The van der Waals surface area contributed by atoms with E-state index in [0.717, 1.165) is 13.0 Å². The lowest BCUT2D eigenvalue weighted by Crippen LogP contribution is -2.52. The molecule has 1 heterocycles. The number of aryl methyl sites for hydroxylation is 1. The number of benzene rings is 1. The zero-order valence-electron chi connectivity index (χ0n) is 16.1. The maximum Gasteiger partial charge on any atom is 0.317 e. The minimum absolute atomic E-state index is 0.0719. The van der Waals surface area contributed by atoms with Crippen molar-refractivity contribution in [3.63, 3.8) is 0 Å². The highest BCUT2D eigenvalue weighted by Crippen LogP contribution is 2.32. The van der Waals surface area contributed by atoms with Gasteiger partial charge in [0.05, 0.1) is 5.92 Å². The number of rotatable bonds is 5. The highest BCUT2D eigenvalue weighted by molar-refractivity contribution is 5.81. The summed E-state index contributed by atoms with van der Waals surface area (Å²) in [5, 5.41) is 6.07. The molecular formula is C21H31N3O2. The average Bonchev–Trinajstić information content (AvgIpc) is 3.43. The van der Waals surface area contributed by atoms with E-state index in [1.165, 1.54) is 24.0 Å². The van der Waals surface area contributed by atoms with E-state index in [1.54, 1.807) is 0 Å². The summed E-state index contributed by atoms with van der Waals surface area (Å²) in [6.45, 7) is 7.93. The van der Waals surface area contributed by atoms with E-state index >= 15 is 0 Å². The van der Waals surface area contributed by atoms with Crippen LogP contribution < -0.4 is 10.6 Å². The third-order valence-electron chi connectivity index (χ3n) is 5.30. The maximum atomic E-state index is 12.7. The van der Waals surface area contributed by atoms with Crippen molar-refractivity contribution in [2.75, 3.05) is 19.6 Å². The van der Waals surface area contributed by atoms with Crippen LogP contribution in [0.25, 0.3) is 0 Å². The Balaban J connectivity index is 1.73. The first kappa shape index (κ1) is 18.7. The topological polar surface area (TPSA) is 61.4 Å². The molecule has 26 heavy (non-hydrogen) atoms. The summed E-state index contributed by atoms with van der Waals surface area (Å²) in [7, 11) is 0. The summed E-state index contributed by atoms with van der Waals surface area (Å²) >= 11 is 0. The second-order valence-electron chi connectivity index (χ2n) is 8.24. The first-order valence-electron chi connectivity index (χ1n) is 9.82. The Morgan fingerprint density at radius 1 is 1.23 bits per heavy atom. The molecule has 2 atom stereocenters. The second kappa shape index (κ2) is 8.11. The van der Waals surface area contributed by atoms with Crippen molar-refractivity contribution in [3.05, 3.63) is 35.4 Å². The molecule has 0 spiro atoms. The fourth-order valence-electron chi connectivity index (χ4n) is 3.67. The SMILES string of the molecule is Cc1cccc([C@H]2C[C@H](C(=O)NCC3CC3)CN(C(=O)NC(C)C)C2)c1. The molecular weight excluding hydrogens is 326 g/mol. The Bertz CT molecular complexity index is 654. The molecule has 0 aromatic heterocycles. The first-order chi connectivity index (χ1) is 12.4. The van der Waals surface area contributed by atoms with Gasteiger partial charge >= 0.3 is 6.03 Å². The molecule has 0 unspecified atom stereocenters. The molecule has 1 saturated heterocycles. The summed E-state index contributed by atoms with van der Waals surface area (Å²) in [6.07, 6.45) is 3.24. The van der Waals surface area contributed by atoms with Crippen molar-refractivity contribution in [2.45, 2.75) is 52.0 Å². The lowest BCUT2D eigenvalue weighted by Gasteiger charge is -2.38. The number of urea groups is 1. The van der Waals surface area contributed by atoms with Crippen molar-refractivity contribution in [1.82, 2.24) is 15.5 Å². The Morgan fingerprint density at radius 3 is 2.65 bits per heavy atom. The van der Waals surface area contributed by atoms with Gasteiger partial charge in [-0.25, -0.2) is 4.79 Å². The van der Waals surface area contributed by atoms with E-state index in [2.05, 4.69) is 41.8 Å². The monoisotopic (exact) mass is 357 g/mol. The molecule has 5 nitrogen and oxygen atoms in total. The van der Waals surface area contributed by atoms with Crippen LogP contribution in [-0.4, -0.2) is 42.5 Å². The fraction of sp³-hybridized carbons (Fsp3) is 0.619. The molecule has 2 fully saturated rings. The van der Waals surface area contributed by atoms with Crippen molar-refractivity contribution >= 4 is 11.9 Å². The summed E-state index contributed by atoms with van der Waals surface area (Å²) in [5.41, 5.74) is 2.42. The molecule has 5 heteroatoms. The fourth-order valence-corrected chi connectivity index (χ4v) is 3.67. The van der Waals surface area contributed by atoms with Crippen LogP contribution in [0.1, 0.15) is 50.2 Å². The summed E-state index contributed by atoms with van der Waals surface area (Å²) < 4.78 is 0. The molecule has 0 bridgehead atoms. The number of amides is 3. The van der Waals surface area contributed by atoms with Gasteiger partial charge in [0.1, 0.15) is 0 Å². The lowest BCUT2D eigenvalue weighted by molar-refractivity contribution is -0.126. The Hall–Kier alpha value is -2.04. The van der Waals surface area contributed by atoms with Crippen LogP contribution in [0.2, 0.25) is 0 Å². The van der Waals surface area contributed by atoms with E-state index in [1.807, 2.05) is 18.7 Å². The van der Waals surface area contributed by atoms with Crippen LogP contribution in [0.3, 0.4) is 0 Å². The molecule has 3 rings (SSSR count). The predicted molar refractivity (Wildman–Crippen MR) is 103 cm³/mol. The van der Waals surface area contributed by atoms with Crippen molar-refractivity contribution in [1.29, 1.82) is 0 Å². The van der Waals surface area contributed by atoms with Gasteiger partial charge in [0, 0.05) is 31.6 Å². The Labute approximate surface area is 156 Å². The van der Waals surface area contributed by atoms with Gasteiger partial charge in [-0.1, -0.05) is 29.8 Å². The van der Waals surface area contributed by atoms with Gasteiger partial charge in [-0.15, -0.1) is 0 Å². The lowest BCUT2D eigenvalue weighted by atomic mass is 9.83. The van der Waals surface area contributed by atoms with Gasteiger partial charge in [0.25, 0.3) is 0 Å². The smallest absolute Gasteiger partial charge is 0.317 e. The van der Waals surface area contributed by atoms with E-state index in [9.17, 15) is 9.59 Å². The van der Waals surface area contributed by atoms with E-state index in [-0.39, 0.29) is 29.8 Å². The number of carbonyl (C=O) groups excluding carboxylic acids is 2. The maximum absolute atomic E-state index is 12.7. The van der Waals surface area contributed by atoms with Crippen LogP contribution >= 0.6 is 0 Å². The quantitative estimate of drug-likeness (QED) is 0.851. The van der Waals surface area contributed by atoms with E-state index in [0.29, 0.717) is 19.0 Å². The average molecular weight is 357 g/mol. The minimum atomic E-state index is -0.147. The Morgan fingerprint density at radius 2 is 2.00 bits per heavy atom. The van der Waals surface area contributed by atoms with E-state index in [4.69, 9.17) is 0 Å². The standard InChI is InChI=1S/C21H31N3O2/c1-14(2)23-21(26)24-12-18(17-6-4-5-15(3)9-17)10-19(13-24)20(25)22-11-16-7-8-16/h4-6,9,14,16,18-19H,7-8,10-13H2,1-3H3,(H,22,25)(H,23,26)/t18-,19-/m0/s1. The van der Waals surface area contributed by atoms with Gasteiger partial charge < -0.3 is 15.5 Å². The summed E-state index contributed by atoms with van der Waals surface area (Å²) in [5.74, 6) is 0.802. The van der Waals surface area contributed by atoms with Crippen LogP contribution in [-0.2, 0) is 4.79 Å². The zero-order valence-corrected chi connectivity index (χ0v) is 16.1. The molecule has 1 aliphatic heterocycles. The molecule has 1 saturated carbocycles. The molecule has 2 N–H and O–H groups in total. The summed E-state index contributed by atoms with van der Waals surface area (Å²) in [6, 6.07) is 8.44. The molecule has 142 valence electrons. The number of carbonyl (C=O) groups is 2. The first-order valence-corrected chi connectivity index (χ1v) is 9.82. The summed E-state index contributed by atoms with van der Waals surface area (Å²) in [4.78, 5) is 27.1. The predicted octanol–water partition coefficient (Wildman–Crippen LogP) is 3.04. The molecule has 0 radical (unpaired) electrons. The highest BCUT2D eigenvalue weighted by Gasteiger charge is 2.35. The third-order valence-corrected chi connectivity index (χ3v) is 5.30. The molecule has 1 aromatic carbocycles. The molecule has 3 amide bonds. The van der Waals surface area contributed by atoms with Crippen molar-refractivity contribution in [3.8, 4) is 0 Å². The number of hydrogen-bond donors (Lipinski definition) is 2. The Kier molecular flexibility index (Phi) is 5.84. The number of piperidine rings is 1.